The maximum Gasteiger partial charge on any atom is 0.254 e. The Balaban J connectivity index is 2.52. The van der Waals surface area contributed by atoms with E-state index in [0.29, 0.717) is 18.3 Å². The smallest absolute Gasteiger partial charge is 0.254 e. The van der Waals surface area contributed by atoms with Crippen molar-refractivity contribution in [3.05, 3.63) is 35.6 Å². The van der Waals surface area contributed by atoms with Crippen LogP contribution in [0, 0.1) is 11.7 Å². The van der Waals surface area contributed by atoms with E-state index < -0.39 is 5.82 Å². The van der Waals surface area contributed by atoms with Crippen LogP contribution in [0.3, 0.4) is 0 Å². The van der Waals surface area contributed by atoms with Crippen LogP contribution in [0.2, 0.25) is 0 Å². The second kappa shape index (κ2) is 7.28. The molecule has 4 heteroatoms. The predicted octanol–water partition coefficient (Wildman–Crippen LogP) is 3.21. The fourth-order valence-electron chi connectivity index (χ4n) is 1.58. The minimum Gasteiger partial charge on any atom is -0.352 e. The van der Waals surface area contributed by atoms with E-state index in [0.717, 1.165) is 12.8 Å². The average Bonchev–Trinajstić information content (AvgIpc) is 2.34. The summed E-state index contributed by atoms with van der Waals surface area (Å²) in [6, 6.07) is 5.97. The summed E-state index contributed by atoms with van der Waals surface area (Å²) >= 11 is 5.66. The summed E-state index contributed by atoms with van der Waals surface area (Å²) in [5.41, 5.74) is 0.0910. The molecular formula is C13H17ClFNO. The molecule has 0 aliphatic heterocycles. The van der Waals surface area contributed by atoms with Crippen LogP contribution < -0.4 is 5.32 Å². The number of hydrogen-bond acceptors (Lipinski definition) is 1. The highest BCUT2D eigenvalue weighted by Crippen LogP contribution is 2.09. The number of halogens is 2. The van der Waals surface area contributed by atoms with Gasteiger partial charge in [-0.05, 0) is 24.5 Å². The van der Waals surface area contributed by atoms with Gasteiger partial charge in [-0.2, -0.15) is 0 Å². The lowest BCUT2D eigenvalue weighted by atomic mass is 10.0. The van der Waals surface area contributed by atoms with Crippen LogP contribution in [-0.2, 0) is 0 Å². The molecule has 17 heavy (non-hydrogen) atoms. The van der Waals surface area contributed by atoms with Gasteiger partial charge in [0.2, 0.25) is 0 Å². The van der Waals surface area contributed by atoms with E-state index in [1.165, 1.54) is 12.1 Å². The zero-order chi connectivity index (χ0) is 12.7. The molecule has 1 rings (SSSR count). The predicted molar refractivity (Wildman–Crippen MR) is 67.9 cm³/mol. The first-order valence-electron chi connectivity index (χ1n) is 5.77. The van der Waals surface area contributed by atoms with Gasteiger partial charge >= 0.3 is 0 Å². The molecule has 0 aliphatic carbocycles. The fourth-order valence-corrected chi connectivity index (χ4v) is 1.89. The van der Waals surface area contributed by atoms with Crippen molar-refractivity contribution in [3.8, 4) is 0 Å². The third-order valence-corrected chi connectivity index (χ3v) is 2.98. The van der Waals surface area contributed by atoms with Crippen LogP contribution in [0.5, 0.6) is 0 Å². The first-order valence-corrected chi connectivity index (χ1v) is 6.31. The third-order valence-electron chi connectivity index (χ3n) is 2.76. The molecule has 0 fully saturated rings. The Labute approximate surface area is 106 Å². The molecule has 0 aromatic heterocycles. The van der Waals surface area contributed by atoms with E-state index >= 15 is 0 Å². The number of alkyl halides is 1. The number of benzene rings is 1. The maximum absolute atomic E-state index is 13.3. The van der Waals surface area contributed by atoms with E-state index in [9.17, 15) is 9.18 Å². The summed E-state index contributed by atoms with van der Waals surface area (Å²) in [6.07, 6.45) is 1.81. The van der Waals surface area contributed by atoms with E-state index in [4.69, 9.17) is 11.6 Å². The van der Waals surface area contributed by atoms with Crippen LogP contribution in [0.1, 0.15) is 30.1 Å². The highest BCUT2D eigenvalue weighted by atomic mass is 35.5. The van der Waals surface area contributed by atoms with Crippen molar-refractivity contribution in [2.24, 2.45) is 5.92 Å². The summed E-state index contributed by atoms with van der Waals surface area (Å²) in [4.78, 5) is 11.7. The van der Waals surface area contributed by atoms with Gasteiger partial charge in [-0.1, -0.05) is 25.5 Å². The second-order valence-corrected chi connectivity index (χ2v) is 4.32. The number of nitrogens with one attached hydrogen (secondary N) is 1. The van der Waals surface area contributed by atoms with Gasteiger partial charge < -0.3 is 5.32 Å². The Morgan fingerprint density at radius 1 is 1.47 bits per heavy atom. The monoisotopic (exact) mass is 257 g/mol. The first-order chi connectivity index (χ1) is 8.19. The second-order valence-electron chi connectivity index (χ2n) is 3.94. The van der Waals surface area contributed by atoms with Crippen LogP contribution in [0.4, 0.5) is 4.39 Å². The summed E-state index contributed by atoms with van der Waals surface area (Å²) < 4.78 is 13.3. The van der Waals surface area contributed by atoms with E-state index in [1.807, 2.05) is 6.92 Å². The van der Waals surface area contributed by atoms with Gasteiger partial charge in [-0.3, -0.25) is 4.79 Å². The van der Waals surface area contributed by atoms with Crippen LogP contribution in [0.15, 0.2) is 24.3 Å². The molecular weight excluding hydrogens is 241 g/mol. The van der Waals surface area contributed by atoms with E-state index in [2.05, 4.69) is 5.32 Å². The quantitative estimate of drug-likeness (QED) is 0.779. The number of rotatable bonds is 6. The highest BCUT2D eigenvalue weighted by Gasteiger charge is 2.12. The summed E-state index contributed by atoms with van der Waals surface area (Å²) in [5.74, 6) is 0.0726. The summed E-state index contributed by atoms with van der Waals surface area (Å²) in [6.45, 7) is 2.59. The normalized spacial score (nSPS) is 12.2. The van der Waals surface area contributed by atoms with Gasteiger partial charge in [-0.15, -0.1) is 11.6 Å². The molecule has 1 unspecified atom stereocenters. The van der Waals surface area contributed by atoms with Crippen molar-refractivity contribution >= 4 is 17.5 Å². The minimum atomic E-state index is -0.490. The highest BCUT2D eigenvalue weighted by molar-refractivity contribution is 6.17. The molecule has 0 radical (unpaired) electrons. The van der Waals surface area contributed by atoms with Crippen LogP contribution in [-0.4, -0.2) is 18.3 Å². The average molecular weight is 258 g/mol. The molecule has 0 saturated carbocycles. The zero-order valence-corrected chi connectivity index (χ0v) is 10.6. The minimum absolute atomic E-state index is 0.0910. The molecule has 1 aromatic rings. The van der Waals surface area contributed by atoms with Gasteiger partial charge in [0.25, 0.3) is 5.91 Å². The van der Waals surface area contributed by atoms with Gasteiger partial charge in [0, 0.05) is 12.4 Å². The molecule has 0 bridgehead atoms. The van der Waals surface area contributed by atoms with Crippen molar-refractivity contribution in [2.75, 3.05) is 12.4 Å². The molecule has 1 amide bonds. The topological polar surface area (TPSA) is 29.1 Å². The maximum atomic E-state index is 13.3. The molecule has 1 aromatic carbocycles. The van der Waals surface area contributed by atoms with Gasteiger partial charge in [0.05, 0.1) is 5.56 Å². The van der Waals surface area contributed by atoms with Gasteiger partial charge in [0.15, 0.2) is 0 Å². The van der Waals surface area contributed by atoms with E-state index in [1.54, 1.807) is 12.1 Å². The number of carbonyl (C=O) groups is 1. The molecule has 0 spiro atoms. The molecule has 2 nitrogen and oxygen atoms in total. The molecule has 0 heterocycles. The standard InChI is InChI=1S/C13H17ClFNO/c1-2-10(7-8-14)9-16-13(17)11-5-3-4-6-12(11)15/h3-6,10H,2,7-9H2,1H3,(H,16,17). The SMILES string of the molecule is CCC(CCCl)CNC(=O)c1ccccc1F. The lowest BCUT2D eigenvalue weighted by molar-refractivity contribution is 0.0942. The number of carbonyl (C=O) groups excluding carboxylic acids is 1. The van der Waals surface area contributed by atoms with Gasteiger partial charge in [0.1, 0.15) is 5.82 Å². The summed E-state index contributed by atoms with van der Waals surface area (Å²) in [5, 5.41) is 2.74. The van der Waals surface area contributed by atoms with Crippen molar-refractivity contribution < 1.29 is 9.18 Å². The van der Waals surface area contributed by atoms with Crippen LogP contribution >= 0.6 is 11.6 Å². The van der Waals surface area contributed by atoms with Crippen molar-refractivity contribution in [1.29, 1.82) is 0 Å². The summed E-state index contributed by atoms with van der Waals surface area (Å²) in [7, 11) is 0. The van der Waals surface area contributed by atoms with E-state index in [-0.39, 0.29) is 11.5 Å². The molecule has 94 valence electrons. The Morgan fingerprint density at radius 2 is 2.18 bits per heavy atom. The Hall–Kier alpha value is -1.09. The largest absolute Gasteiger partial charge is 0.352 e. The van der Waals surface area contributed by atoms with Crippen molar-refractivity contribution in [3.63, 3.8) is 0 Å². The zero-order valence-electron chi connectivity index (χ0n) is 9.88. The molecule has 1 atom stereocenters. The molecule has 1 N–H and O–H groups in total. The Morgan fingerprint density at radius 3 is 2.76 bits per heavy atom. The number of hydrogen-bond donors (Lipinski definition) is 1. The molecule has 0 saturated heterocycles. The van der Waals surface area contributed by atoms with Crippen LogP contribution in [0.25, 0.3) is 0 Å². The molecule has 0 aliphatic rings. The van der Waals surface area contributed by atoms with Crippen molar-refractivity contribution in [1.82, 2.24) is 5.32 Å². The fraction of sp³-hybridized carbons (Fsp3) is 0.462. The third kappa shape index (κ3) is 4.35. The first kappa shape index (κ1) is 14.0. The Bertz CT molecular complexity index is 370. The Kier molecular flexibility index (Phi) is 5.98. The number of amides is 1. The lowest BCUT2D eigenvalue weighted by Gasteiger charge is -2.14. The van der Waals surface area contributed by atoms with Gasteiger partial charge in [-0.25, -0.2) is 4.39 Å². The lowest BCUT2D eigenvalue weighted by Crippen LogP contribution is -2.29. The van der Waals surface area contributed by atoms with Crippen molar-refractivity contribution in [2.45, 2.75) is 19.8 Å².